The number of aliphatic hydroxyl groups excluding tert-OH is 3. The number of hydrogen-bond acceptors (Lipinski definition) is 4. The first-order valence-electron chi connectivity index (χ1n) is 5.04. The molecule has 14 heavy (non-hydrogen) atoms. The lowest BCUT2D eigenvalue weighted by atomic mass is 10.1. The third-order valence-corrected chi connectivity index (χ3v) is 2.37. The smallest absolute Gasteiger partial charge is 0.150 e. The van der Waals surface area contributed by atoms with E-state index in [2.05, 4.69) is 6.92 Å². The van der Waals surface area contributed by atoms with Crippen molar-refractivity contribution in [3.63, 3.8) is 0 Å². The van der Waals surface area contributed by atoms with E-state index in [1.807, 2.05) is 0 Å². The Morgan fingerprint density at radius 3 is 2.64 bits per heavy atom. The van der Waals surface area contributed by atoms with Crippen molar-refractivity contribution < 1.29 is 20.1 Å². The van der Waals surface area contributed by atoms with Gasteiger partial charge in [-0.3, -0.25) is 0 Å². The minimum Gasteiger partial charge on any atom is -0.487 e. The van der Waals surface area contributed by atoms with Gasteiger partial charge in [-0.05, 0) is 18.9 Å². The molecule has 82 valence electrons. The van der Waals surface area contributed by atoms with Gasteiger partial charge in [0, 0.05) is 0 Å². The zero-order chi connectivity index (χ0) is 10.6. The summed E-state index contributed by atoms with van der Waals surface area (Å²) < 4.78 is 5.19. The van der Waals surface area contributed by atoms with Crippen LogP contribution in [0.5, 0.6) is 0 Å². The van der Waals surface area contributed by atoms with E-state index in [1.54, 1.807) is 6.08 Å². The lowest BCUT2D eigenvalue weighted by molar-refractivity contribution is -0.00289. The monoisotopic (exact) mass is 202 g/mol. The van der Waals surface area contributed by atoms with Gasteiger partial charge in [0.2, 0.25) is 0 Å². The largest absolute Gasteiger partial charge is 0.487 e. The van der Waals surface area contributed by atoms with E-state index in [0.717, 1.165) is 19.3 Å². The lowest BCUT2D eigenvalue weighted by Crippen LogP contribution is -2.31. The highest BCUT2D eigenvalue weighted by molar-refractivity contribution is 5.10. The molecule has 0 radical (unpaired) electrons. The van der Waals surface area contributed by atoms with Gasteiger partial charge in [-0.25, -0.2) is 0 Å². The van der Waals surface area contributed by atoms with Crippen LogP contribution in [0.15, 0.2) is 11.8 Å². The molecule has 1 aliphatic rings. The van der Waals surface area contributed by atoms with Gasteiger partial charge in [-0.1, -0.05) is 13.3 Å². The fourth-order valence-electron chi connectivity index (χ4n) is 1.45. The van der Waals surface area contributed by atoms with Crippen molar-refractivity contribution >= 4 is 0 Å². The highest BCUT2D eigenvalue weighted by Crippen LogP contribution is 2.24. The Labute approximate surface area is 83.8 Å². The van der Waals surface area contributed by atoms with Crippen molar-refractivity contribution in [2.24, 2.45) is 0 Å². The topological polar surface area (TPSA) is 69.9 Å². The first kappa shape index (κ1) is 11.5. The van der Waals surface area contributed by atoms with Crippen molar-refractivity contribution in [2.45, 2.75) is 44.5 Å². The summed E-state index contributed by atoms with van der Waals surface area (Å²) in [6.45, 7) is 1.80. The Hall–Kier alpha value is -0.580. The minimum atomic E-state index is -1.01. The quantitative estimate of drug-likeness (QED) is 0.568. The molecule has 1 rings (SSSR count). The van der Waals surface area contributed by atoms with Crippen molar-refractivity contribution in [1.29, 1.82) is 0 Å². The molecule has 4 heteroatoms. The maximum Gasteiger partial charge on any atom is 0.150 e. The molecular weight excluding hydrogens is 184 g/mol. The van der Waals surface area contributed by atoms with Crippen LogP contribution in [0.3, 0.4) is 0 Å². The summed E-state index contributed by atoms with van der Waals surface area (Å²) >= 11 is 0. The molecule has 0 aromatic carbocycles. The van der Waals surface area contributed by atoms with Gasteiger partial charge in [0.25, 0.3) is 0 Å². The molecule has 4 nitrogen and oxygen atoms in total. The lowest BCUT2D eigenvalue weighted by Gasteiger charge is -2.09. The van der Waals surface area contributed by atoms with Gasteiger partial charge in [0.15, 0.2) is 6.10 Å². The van der Waals surface area contributed by atoms with E-state index < -0.39 is 18.3 Å². The molecule has 0 amide bonds. The Morgan fingerprint density at radius 2 is 2.14 bits per heavy atom. The Kier molecular flexibility index (Phi) is 4.38. The van der Waals surface area contributed by atoms with Crippen molar-refractivity contribution in [1.82, 2.24) is 0 Å². The van der Waals surface area contributed by atoms with E-state index in [9.17, 15) is 10.2 Å². The molecule has 0 unspecified atom stereocenters. The van der Waals surface area contributed by atoms with Gasteiger partial charge < -0.3 is 20.1 Å². The predicted octanol–water partition coefficient (Wildman–Crippen LogP) is 0.173. The fraction of sp³-hybridized carbons (Fsp3) is 0.800. The molecule has 0 spiro atoms. The van der Waals surface area contributed by atoms with Crippen LogP contribution < -0.4 is 0 Å². The van der Waals surface area contributed by atoms with E-state index in [4.69, 9.17) is 9.84 Å². The van der Waals surface area contributed by atoms with Crippen LogP contribution >= 0.6 is 0 Å². The molecule has 0 saturated carbocycles. The van der Waals surface area contributed by atoms with E-state index in [1.165, 1.54) is 0 Å². The summed E-state index contributed by atoms with van der Waals surface area (Å²) in [5.41, 5.74) is 0. The Morgan fingerprint density at radius 1 is 1.43 bits per heavy atom. The average Bonchev–Trinajstić information content (AvgIpc) is 2.46. The maximum absolute atomic E-state index is 9.50. The molecule has 1 saturated heterocycles. The van der Waals surface area contributed by atoms with E-state index in [-0.39, 0.29) is 6.61 Å². The molecule has 0 aliphatic carbocycles. The molecule has 3 N–H and O–H groups in total. The number of aliphatic hydroxyl groups is 3. The van der Waals surface area contributed by atoms with E-state index >= 15 is 0 Å². The van der Waals surface area contributed by atoms with Gasteiger partial charge in [-0.2, -0.15) is 0 Å². The molecule has 0 aromatic heterocycles. The van der Waals surface area contributed by atoms with Gasteiger partial charge in [0.05, 0.1) is 6.61 Å². The van der Waals surface area contributed by atoms with Gasteiger partial charge >= 0.3 is 0 Å². The van der Waals surface area contributed by atoms with E-state index in [0.29, 0.717) is 5.76 Å². The minimum absolute atomic E-state index is 0.274. The number of allylic oxidation sites excluding steroid dienone is 1. The van der Waals surface area contributed by atoms with Crippen LogP contribution in [0, 0.1) is 0 Å². The normalized spacial score (nSPS) is 34.9. The average molecular weight is 202 g/mol. The second-order valence-corrected chi connectivity index (χ2v) is 3.52. The molecule has 0 aromatic rings. The summed E-state index contributed by atoms with van der Waals surface area (Å²) in [6, 6.07) is 0. The number of rotatable bonds is 4. The zero-order valence-corrected chi connectivity index (χ0v) is 8.39. The fourth-order valence-corrected chi connectivity index (χ4v) is 1.45. The molecule has 1 heterocycles. The van der Waals surface area contributed by atoms with Crippen LogP contribution in [0.2, 0.25) is 0 Å². The van der Waals surface area contributed by atoms with Crippen LogP contribution in [0.25, 0.3) is 0 Å². The molecule has 0 bridgehead atoms. The zero-order valence-electron chi connectivity index (χ0n) is 8.39. The molecule has 3 atom stereocenters. The Bertz CT molecular complexity index is 202. The number of unbranched alkanes of at least 4 members (excludes halogenated alkanes) is 2. The predicted molar refractivity (Wildman–Crippen MR) is 51.6 cm³/mol. The van der Waals surface area contributed by atoms with Crippen LogP contribution in [0.1, 0.15) is 26.2 Å². The third kappa shape index (κ3) is 2.47. The van der Waals surface area contributed by atoms with Crippen molar-refractivity contribution in [3.05, 3.63) is 11.8 Å². The second-order valence-electron chi connectivity index (χ2n) is 3.52. The Balaban J connectivity index is 2.51. The van der Waals surface area contributed by atoms with Crippen LogP contribution in [0.4, 0.5) is 0 Å². The summed E-state index contributed by atoms with van der Waals surface area (Å²) in [5, 5.41) is 27.7. The van der Waals surface area contributed by atoms with Gasteiger partial charge in [0.1, 0.15) is 18.0 Å². The number of hydrogen-bond donors (Lipinski definition) is 3. The standard InChI is InChI=1S/C10H18O4/c1-2-3-4-5-7-9(12)10(13)8(6-11)14-7/h5,8-13H,2-4,6H2,1H3/b7-5+/t8-,9-,10-/m1/s1. The number of ether oxygens (including phenoxy) is 1. The highest BCUT2D eigenvalue weighted by Gasteiger charge is 2.38. The SMILES string of the molecule is CCCC/C=C1/O[C@H](CO)[C@@H](O)[C@@H]1O. The van der Waals surface area contributed by atoms with Crippen molar-refractivity contribution in [3.8, 4) is 0 Å². The van der Waals surface area contributed by atoms with Crippen LogP contribution in [-0.2, 0) is 4.74 Å². The first-order valence-corrected chi connectivity index (χ1v) is 5.04. The molecule has 1 fully saturated rings. The summed E-state index contributed by atoms with van der Waals surface area (Å²) in [6.07, 6.45) is 2.04. The first-order chi connectivity index (χ1) is 6.70. The summed E-state index contributed by atoms with van der Waals surface area (Å²) in [7, 11) is 0. The second kappa shape index (κ2) is 5.34. The van der Waals surface area contributed by atoms with Crippen LogP contribution in [-0.4, -0.2) is 40.2 Å². The van der Waals surface area contributed by atoms with Gasteiger partial charge in [-0.15, -0.1) is 0 Å². The third-order valence-electron chi connectivity index (χ3n) is 2.37. The summed E-state index contributed by atoms with van der Waals surface area (Å²) in [4.78, 5) is 0. The summed E-state index contributed by atoms with van der Waals surface area (Å²) in [5.74, 6) is 0.394. The maximum atomic E-state index is 9.50. The highest BCUT2D eigenvalue weighted by atomic mass is 16.5. The van der Waals surface area contributed by atoms with Crippen molar-refractivity contribution in [2.75, 3.05) is 6.61 Å². The molecule has 1 aliphatic heterocycles. The molecular formula is C10H18O4.